The fourth-order valence-corrected chi connectivity index (χ4v) is 2.13. The smallest absolute Gasteiger partial charge is 0.246 e. The summed E-state index contributed by atoms with van der Waals surface area (Å²) in [5, 5.41) is 12.4. The number of hydrogen-bond acceptors (Lipinski definition) is 3. The number of nitrogens with one attached hydrogen (secondary N) is 1. The molecule has 0 radical (unpaired) electrons. The minimum absolute atomic E-state index is 0.102. The van der Waals surface area contributed by atoms with E-state index in [0.717, 1.165) is 16.6 Å². The number of carbonyl (C=O) groups excluding carboxylic acids is 1. The standard InChI is InChI=1S/C15H17N5O/c1-11(2)20-9-12-8-13(4-5-14(12)18-20)17-15(21)10-19-7-3-6-16-19/h3-9,11H,10H2,1-2H3,(H,17,21). The second kappa shape index (κ2) is 5.40. The van der Waals surface area contributed by atoms with Gasteiger partial charge in [0.2, 0.25) is 5.91 Å². The molecule has 1 aromatic carbocycles. The van der Waals surface area contributed by atoms with Gasteiger partial charge in [-0.2, -0.15) is 10.2 Å². The van der Waals surface area contributed by atoms with Gasteiger partial charge in [-0.05, 0) is 38.1 Å². The van der Waals surface area contributed by atoms with Gasteiger partial charge >= 0.3 is 0 Å². The van der Waals surface area contributed by atoms with Crippen LogP contribution >= 0.6 is 0 Å². The lowest BCUT2D eigenvalue weighted by molar-refractivity contribution is -0.116. The van der Waals surface area contributed by atoms with E-state index in [1.54, 1.807) is 23.1 Å². The Bertz CT molecular complexity index is 758. The molecule has 6 nitrogen and oxygen atoms in total. The number of fused-ring (bicyclic) bond motifs is 1. The van der Waals surface area contributed by atoms with Crippen LogP contribution in [-0.2, 0) is 11.3 Å². The lowest BCUT2D eigenvalue weighted by atomic mass is 10.2. The number of aromatic nitrogens is 4. The van der Waals surface area contributed by atoms with Crippen LogP contribution in [0.2, 0.25) is 0 Å². The Balaban J connectivity index is 1.76. The highest BCUT2D eigenvalue weighted by Crippen LogP contribution is 2.19. The molecule has 0 saturated carbocycles. The topological polar surface area (TPSA) is 64.7 Å². The van der Waals surface area contributed by atoms with Gasteiger partial charge in [0.15, 0.2) is 0 Å². The number of carbonyl (C=O) groups is 1. The van der Waals surface area contributed by atoms with Gasteiger partial charge in [-0.15, -0.1) is 0 Å². The quantitative estimate of drug-likeness (QED) is 0.800. The second-order valence-corrected chi connectivity index (χ2v) is 5.23. The number of hydrogen-bond donors (Lipinski definition) is 1. The normalized spacial score (nSPS) is 11.2. The predicted octanol–water partition coefficient (Wildman–Crippen LogP) is 2.45. The molecule has 0 unspecified atom stereocenters. The molecule has 3 rings (SSSR count). The van der Waals surface area contributed by atoms with Gasteiger partial charge < -0.3 is 5.32 Å². The van der Waals surface area contributed by atoms with E-state index in [9.17, 15) is 4.79 Å². The van der Waals surface area contributed by atoms with Crippen LogP contribution in [0.15, 0.2) is 42.9 Å². The van der Waals surface area contributed by atoms with Crippen LogP contribution in [0.1, 0.15) is 19.9 Å². The Morgan fingerprint density at radius 1 is 1.38 bits per heavy atom. The Morgan fingerprint density at radius 2 is 2.24 bits per heavy atom. The molecule has 0 bridgehead atoms. The lowest BCUT2D eigenvalue weighted by Gasteiger charge is -2.05. The minimum atomic E-state index is -0.102. The van der Waals surface area contributed by atoms with Gasteiger partial charge in [-0.25, -0.2) is 0 Å². The third-order valence-corrected chi connectivity index (χ3v) is 3.20. The zero-order valence-electron chi connectivity index (χ0n) is 12.0. The molecule has 3 aromatic rings. The van der Waals surface area contributed by atoms with Crippen LogP contribution in [0, 0.1) is 0 Å². The Kier molecular flexibility index (Phi) is 3.43. The van der Waals surface area contributed by atoms with E-state index >= 15 is 0 Å². The molecular formula is C15H17N5O. The van der Waals surface area contributed by atoms with Crippen molar-refractivity contribution < 1.29 is 4.79 Å². The summed E-state index contributed by atoms with van der Waals surface area (Å²) >= 11 is 0. The lowest BCUT2D eigenvalue weighted by Crippen LogP contribution is -2.18. The molecule has 0 saturated heterocycles. The van der Waals surface area contributed by atoms with E-state index in [4.69, 9.17) is 0 Å². The van der Waals surface area contributed by atoms with Crippen LogP contribution in [0.5, 0.6) is 0 Å². The number of benzene rings is 1. The van der Waals surface area contributed by atoms with E-state index in [0.29, 0.717) is 6.04 Å². The largest absolute Gasteiger partial charge is 0.324 e. The van der Waals surface area contributed by atoms with Gasteiger partial charge in [0.1, 0.15) is 6.54 Å². The van der Waals surface area contributed by atoms with Crippen LogP contribution in [-0.4, -0.2) is 25.5 Å². The summed E-state index contributed by atoms with van der Waals surface area (Å²) in [6, 6.07) is 7.82. The van der Waals surface area contributed by atoms with Crippen molar-refractivity contribution in [2.24, 2.45) is 0 Å². The second-order valence-electron chi connectivity index (χ2n) is 5.23. The molecule has 108 valence electrons. The Morgan fingerprint density at radius 3 is 2.95 bits per heavy atom. The molecule has 0 aliphatic heterocycles. The predicted molar refractivity (Wildman–Crippen MR) is 81.0 cm³/mol. The van der Waals surface area contributed by atoms with Crippen LogP contribution in [0.4, 0.5) is 5.69 Å². The Labute approximate surface area is 122 Å². The van der Waals surface area contributed by atoms with Crippen molar-refractivity contribution in [3.8, 4) is 0 Å². The first kappa shape index (κ1) is 13.4. The van der Waals surface area contributed by atoms with Crippen molar-refractivity contribution in [3.63, 3.8) is 0 Å². The highest BCUT2D eigenvalue weighted by atomic mass is 16.2. The molecule has 0 aliphatic carbocycles. The molecule has 21 heavy (non-hydrogen) atoms. The zero-order valence-corrected chi connectivity index (χ0v) is 12.0. The highest BCUT2D eigenvalue weighted by molar-refractivity contribution is 5.93. The third kappa shape index (κ3) is 2.94. The number of amides is 1. The third-order valence-electron chi connectivity index (χ3n) is 3.20. The SMILES string of the molecule is CC(C)n1cc2cc(NC(=O)Cn3cccn3)ccc2n1. The van der Waals surface area contributed by atoms with E-state index in [1.807, 2.05) is 29.1 Å². The molecule has 0 atom stereocenters. The van der Waals surface area contributed by atoms with Crippen molar-refractivity contribution in [2.75, 3.05) is 5.32 Å². The molecule has 0 spiro atoms. The van der Waals surface area contributed by atoms with Crippen molar-refractivity contribution in [1.82, 2.24) is 19.6 Å². The van der Waals surface area contributed by atoms with E-state index in [2.05, 4.69) is 29.4 Å². The van der Waals surface area contributed by atoms with Gasteiger partial charge in [-0.1, -0.05) is 0 Å². The summed E-state index contributed by atoms with van der Waals surface area (Å²) in [6.07, 6.45) is 5.40. The number of nitrogens with zero attached hydrogens (tertiary/aromatic N) is 4. The fourth-order valence-electron chi connectivity index (χ4n) is 2.13. The monoisotopic (exact) mass is 283 g/mol. The minimum Gasteiger partial charge on any atom is -0.324 e. The first-order chi connectivity index (χ1) is 10.1. The average Bonchev–Trinajstić information content (AvgIpc) is 3.06. The van der Waals surface area contributed by atoms with E-state index in [1.165, 1.54) is 0 Å². The van der Waals surface area contributed by atoms with E-state index in [-0.39, 0.29) is 12.5 Å². The maximum Gasteiger partial charge on any atom is 0.246 e. The van der Waals surface area contributed by atoms with Crippen molar-refractivity contribution in [1.29, 1.82) is 0 Å². The maximum absolute atomic E-state index is 11.9. The van der Waals surface area contributed by atoms with Crippen molar-refractivity contribution >= 4 is 22.5 Å². The van der Waals surface area contributed by atoms with Crippen LogP contribution < -0.4 is 5.32 Å². The fraction of sp³-hybridized carbons (Fsp3) is 0.267. The highest BCUT2D eigenvalue weighted by Gasteiger charge is 2.07. The summed E-state index contributed by atoms with van der Waals surface area (Å²) in [4.78, 5) is 11.9. The molecule has 1 amide bonds. The van der Waals surface area contributed by atoms with Gasteiger partial charge in [0, 0.05) is 35.7 Å². The first-order valence-electron chi connectivity index (χ1n) is 6.88. The summed E-state index contributed by atoms with van der Waals surface area (Å²) in [5.74, 6) is -0.102. The molecule has 0 fully saturated rings. The summed E-state index contributed by atoms with van der Waals surface area (Å²) in [7, 11) is 0. The van der Waals surface area contributed by atoms with Gasteiger partial charge in [0.25, 0.3) is 0 Å². The Hall–Kier alpha value is -2.63. The molecule has 1 N–H and O–H groups in total. The van der Waals surface area contributed by atoms with Crippen molar-refractivity contribution in [2.45, 2.75) is 26.4 Å². The summed E-state index contributed by atoms with van der Waals surface area (Å²) < 4.78 is 3.50. The summed E-state index contributed by atoms with van der Waals surface area (Å²) in [5.41, 5.74) is 1.69. The molecule has 0 aliphatic rings. The molecule has 2 aromatic heterocycles. The zero-order chi connectivity index (χ0) is 14.8. The molecule has 2 heterocycles. The number of rotatable bonds is 4. The first-order valence-corrected chi connectivity index (χ1v) is 6.88. The maximum atomic E-state index is 11.9. The van der Waals surface area contributed by atoms with Crippen molar-refractivity contribution in [3.05, 3.63) is 42.9 Å². The van der Waals surface area contributed by atoms with Crippen LogP contribution in [0.3, 0.4) is 0 Å². The van der Waals surface area contributed by atoms with E-state index < -0.39 is 0 Å². The van der Waals surface area contributed by atoms with Gasteiger partial charge in [0.05, 0.1) is 5.52 Å². The molecular weight excluding hydrogens is 266 g/mol. The van der Waals surface area contributed by atoms with Crippen LogP contribution in [0.25, 0.3) is 10.9 Å². The average molecular weight is 283 g/mol. The van der Waals surface area contributed by atoms with Gasteiger partial charge in [-0.3, -0.25) is 14.2 Å². The molecule has 6 heteroatoms. The summed E-state index contributed by atoms with van der Waals surface area (Å²) in [6.45, 7) is 4.37. The number of anilines is 1.